The molecule has 17 heavy (non-hydrogen) atoms. The molecule has 0 spiro atoms. The van der Waals surface area contributed by atoms with Gasteiger partial charge in [-0.1, -0.05) is 18.2 Å². The van der Waals surface area contributed by atoms with Gasteiger partial charge in [0.05, 0.1) is 0 Å². The molecule has 3 nitrogen and oxygen atoms in total. The summed E-state index contributed by atoms with van der Waals surface area (Å²) in [4.78, 5) is 8.22. The van der Waals surface area contributed by atoms with Gasteiger partial charge in [0.15, 0.2) is 0 Å². The van der Waals surface area contributed by atoms with Crippen molar-refractivity contribution in [1.29, 1.82) is 0 Å². The second-order valence-electron chi connectivity index (χ2n) is 3.76. The van der Waals surface area contributed by atoms with Gasteiger partial charge in [-0.2, -0.15) is 0 Å². The van der Waals surface area contributed by atoms with E-state index in [-0.39, 0.29) is 5.82 Å². The number of hydrogen-bond donors (Lipinski definition) is 1. The number of aryl methyl sites for hydroxylation is 1. The van der Waals surface area contributed by atoms with Crippen LogP contribution in [0.4, 0.5) is 10.2 Å². The van der Waals surface area contributed by atoms with Crippen molar-refractivity contribution >= 4 is 5.82 Å². The molecule has 0 atom stereocenters. The van der Waals surface area contributed by atoms with Crippen molar-refractivity contribution in [2.75, 3.05) is 11.9 Å². The van der Waals surface area contributed by atoms with Crippen molar-refractivity contribution in [1.82, 2.24) is 9.97 Å². The molecule has 4 heteroatoms. The Morgan fingerprint density at radius 2 is 2.06 bits per heavy atom. The summed E-state index contributed by atoms with van der Waals surface area (Å²) in [5.41, 5.74) is 0.714. The molecule has 2 rings (SSSR count). The molecule has 0 saturated heterocycles. The number of nitrogens with one attached hydrogen (secondary N) is 1. The summed E-state index contributed by atoms with van der Waals surface area (Å²) >= 11 is 0. The number of hydrogen-bond acceptors (Lipinski definition) is 3. The van der Waals surface area contributed by atoms with E-state index >= 15 is 0 Å². The summed E-state index contributed by atoms with van der Waals surface area (Å²) in [5.74, 6) is 1.34. The first-order valence-electron chi connectivity index (χ1n) is 5.52. The summed E-state index contributed by atoms with van der Waals surface area (Å²) in [5, 5.41) is 3.14. The van der Waals surface area contributed by atoms with Gasteiger partial charge < -0.3 is 5.32 Å². The Morgan fingerprint density at radius 1 is 1.24 bits per heavy atom. The maximum atomic E-state index is 13.3. The van der Waals surface area contributed by atoms with E-state index in [0.29, 0.717) is 18.5 Å². The van der Waals surface area contributed by atoms with E-state index in [9.17, 15) is 4.39 Å². The van der Waals surface area contributed by atoms with E-state index in [1.807, 2.05) is 13.0 Å². The quantitative estimate of drug-likeness (QED) is 0.878. The Morgan fingerprint density at radius 3 is 2.82 bits per heavy atom. The summed E-state index contributed by atoms with van der Waals surface area (Å²) in [7, 11) is 0. The molecule has 0 aliphatic rings. The Hall–Kier alpha value is -1.97. The maximum absolute atomic E-state index is 13.3. The van der Waals surface area contributed by atoms with E-state index in [0.717, 1.165) is 11.6 Å². The molecule has 2 aromatic rings. The predicted octanol–water partition coefficient (Wildman–Crippen LogP) is 2.58. The second-order valence-corrected chi connectivity index (χ2v) is 3.76. The highest BCUT2D eigenvalue weighted by Gasteiger charge is 2.00. The molecule has 1 N–H and O–H groups in total. The zero-order valence-electron chi connectivity index (χ0n) is 9.65. The van der Waals surface area contributed by atoms with Crippen LogP contribution >= 0.6 is 0 Å². The van der Waals surface area contributed by atoms with Crippen LogP contribution in [0.5, 0.6) is 0 Å². The van der Waals surface area contributed by atoms with Gasteiger partial charge >= 0.3 is 0 Å². The molecule has 0 bridgehead atoms. The number of benzene rings is 1. The van der Waals surface area contributed by atoms with E-state index in [4.69, 9.17) is 0 Å². The highest BCUT2D eigenvalue weighted by atomic mass is 19.1. The molecule has 0 fully saturated rings. The van der Waals surface area contributed by atoms with Crippen LogP contribution in [0.1, 0.15) is 11.4 Å². The standard InChI is InChI=1S/C13H14FN3/c1-10-15-9-7-13(17-10)16-8-6-11-4-2-3-5-12(11)14/h2-5,7,9H,6,8H2,1H3,(H,15,16,17). The van der Waals surface area contributed by atoms with Crippen LogP contribution in [0.25, 0.3) is 0 Å². The first-order valence-corrected chi connectivity index (χ1v) is 5.52. The van der Waals surface area contributed by atoms with Crippen LogP contribution in [-0.4, -0.2) is 16.5 Å². The third-order valence-electron chi connectivity index (χ3n) is 2.43. The molecule has 0 aliphatic heterocycles. The zero-order valence-corrected chi connectivity index (χ0v) is 9.65. The summed E-state index contributed by atoms with van der Waals surface area (Å²) < 4.78 is 13.3. The largest absolute Gasteiger partial charge is 0.370 e. The Labute approximate surface area is 99.7 Å². The number of aromatic nitrogens is 2. The van der Waals surface area contributed by atoms with Gasteiger partial charge in [-0.3, -0.25) is 0 Å². The minimum absolute atomic E-state index is 0.159. The van der Waals surface area contributed by atoms with Crippen molar-refractivity contribution in [3.8, 4) is 0 Å². The summed E-state index contributed by atoms with van der Waals surface area (Å²) in [6.07, 6.45) is 2.34. The fraction of sp³-hybridized carbons (Fsp3) is 0.231. The molecule has 0 radical (unpaired) electrons. The van der Waals surface area contributed by atoms with Crippen LogP contribution in [-0.2, 0) is 6.42 Å². The van der Waals surface area contributed by atoms with Crippen LogP contribution < -0.4 is 5.32 Å². The molecule has 0 amide bonds. The third kappa shape index (κ3) is 3.24. The normalized spacial score (nSPS) is 10.2. The molecule has 1 aromatic carbocycles. The van der Waals surface area contributed by atoms with E-state index in [2.05, 4.69) is 15.3 Å². The average molecular weight is 231 g/mol. The number of nitrogens with zero attached hydrogens (tertiary/aromatic N) is 2. The van der Waals surface area contributed by atoms with E-state index in [1.54, 1.807) is 24.4 Å². The molecule has 88 valence electrons. The van der Waals surface area contributed by atoms with Gasteiger partial charge in [-0.05, 0) is 31.0 Å². The fourth-order valence-corrected chi connectivity index (χ4v) is 1.58. The van der Waals surface area contributed by atoms with Crippen LogP contribution in [0, 0.1) is 12.7 Å². The highest BCUT2D eigenvalue weighted by Crippen LogP contribution is 2.07. The minimum atomic E-state index is -0.159. The van der Waals surface area contributed by atoms with Crippen molar-refractivity contribution in [3.05, 3.63) is 53.7 Å². The van der Waals surface area contributed by atoms with Gasteiger partial charge in [0, 0.05) is 12.7 Å². The zero-order chi connectivity index (χ0) is 12.1. The van der Waals surface area contributed by atoms with E-state index < -0.39 is 0 Å². The van der Waals surface area contributed by atoms with Crippen molar-refractivity contribution in [3.63, 3.8) is 0 Å². The smallest absolute Gasteiger partial charge is 0.129 e. The van der Waals surface area contributed by atoms with Crippen LogP contribution in [0.15, 0.2) is 36.5 Å². The number of rotatable bonds is 4. The third-order valence-corrected chi connectivity index (χ3v) is 2.43. The molecule has 0 aliphatic carbocycles. The second kappa shape index (κ2) is 5.39. The van der Waals surface area contributed by atoms with Crippen LogP contribution in [0.3, 0.4) is 0 Å². The maximum Gasteiger partial charge on any atom is 0.129 e. The van der Waals surface area contributed by atoms with Gasteiger partial charge in [-0.25, -0.2) is 14.4 Å². The monoisotopic (exact) mass is 231 g/mol. The van der Waals surface area contributed by atoms with Crippen LogP contribution in [0.2, 0.25) is 0 Å². The molecule has 0 saturated carbocycles. The fourth-order valence-electron chi connectivity index (χ4n) is 1.58. The first-order chi connectivity index (χ1) is 8.25. The molecule has 1 aromatic heterocycles. The topological polar surface area (TPSA) is 37.8 Å². The first kappa shape index (κ1) is 11.5. The lowest BCUT2D eigenvalue weighted by atomic mass is 10.1. The molecule has 0 unspecified atom stereocenters. The predicted molar refractivity (Wildman–Crippen MR) is 65.4 cm³/mol. The lowest BCUT2D eigenvalue weighted by Gasteiger charge is -2.06. The van der Waals surface area contributed by atoms with Crippen molar-refractivity contribution < 1.29 is 4.39 Å². The molecular weight excluding hydrogens is 217 g/mol. The number of halogens is 1. The van der Waals surface area contributed by atoms with Gasteiger partial charge in [0.1, 0.15) is 17.5 Å². The minimum Gasteiger partial charge on any atom is -0.370 e. The highest BCUT2D eigenvalue weighted by molar-refractivity contribution is 5.33. The van der Waals surface area contributed by atoms with Gasteiger partial charge in [0.25, 0.3) is 0 Å². The van der Waals surface area contributed by atoms with Crippen molar-refractivity contribution in [2.45, 2.75) is 13.3 Å². The lowest BCUT2D eigenvalue weighted by Crippen LogP contribution is -2.08. The summed E-state index contributed by atoms with van der Waals surface area (Å²) in [6, 6.07) is 8.61. The summed E-state index contributed by atoms with van der Waals surface area (Å²) in [6.45, 7) is 2.49. The average Bonchev–Trinajstić information content (AvgIpc) is 2.32. The van der Waals surface area contributed by atoms with Gasteiger partial charge in [-0.15, -0.1) is 0 Å². The molecular formula is C13H14FN3. The number of anilines is 1. The Kier molecular flexibility index (Phi) is 3.65. The lowest BCUT2D eigenvalue weighted by molar-refractivity contribution is 0.610. The molecule has 1 heterocycles. The van der Waals surface area contributed by atoms with Crippen molar-refractivity contribution in [2.24, 2.45) is 0 Å². The Balaban J connectivity index is 1.90. The van der Waals surface area contributed by atoms with E-state index in [1.165, 1.54) is 6.07 Å². The SMILES string of the molecule is Cc1nccc(NCCc2ccccc2F)n1. The Bertz CT molecular complexity index is 500. The van der Waals surface area contributed by atoms with Gasteiger partial charge in [0.2, 0.25) is 0 Å².